The monoisotopic (exact) mass is 347 g/mol. The molecule has 2 N–H and O–H groups in total. The lowest BCUT2D eigenvalue weighted by molar-refractivity contribution is -0.190. The molecule has 0 spiro atoms. The Morgan fingerprint density at radius 1 is 1.38 bits per heavy atom. The smallest absolute Gasteiger partial charge is 0.330 e. The molecule has 1 fully saturated rings. The van der Waals surface area contributed by atoms with Gasteiger partial charge in [0.05, 0.1) is 11.0 Å². The van der Waals surface area contributed by atoms with Gasteiger partial charge < -0.3 is 15.2 Å². The van der Waals surface area contributed by atoms with Crippen LogP contribution < -0.4 is 5.32 Å². The molecule has 3 rings (SSSR count). The van der Waals surface area contributed by atoms with Crippen molar-refractivity contribution in [2.45, 2.75) is 38.8 Å². The van der Waals surface area contributed by atoms with Crippen LogP contribution in [0.2, 0.25) is 0 Å². The van der Waals surface area contributed by atoms with E-state index in [-0.39, 0.29) is 18.4 Å². The molecule has 1 aromatic carbocycles. The Morgan fingerprint density at radius 3 is 2.67 bits per heavy atom. The first-order valence-corrected chi connectivity index (χ1v) is 8.79. The fourth-order valence-corrected chi connectivity index (χ4v) is 4.34. The topological polar surface area (TPSA) is 75.6 Å². The summed E-state index contributed by atoms with van der Waals surface area (Å²) in [4.78, 5) is 25.1. The van der Waals surface area contributed by atoms with Crippen LogP contribution in [0, 0.1) is 5.41 Å². The van der Waals surface area contributed by atoms with Crippen LogP contribution in [-0.4, -0.2) is 35.2 Å². The SMILES string of the molecule is CCO[C@@H]1C[C@@](NC(=O)c2cc3ccccc3s2)(C(=O)O)C1(C)C. The van der Waals surface area contributed by atoms with E-state index in [1.807, 2.05) is 45.0 Å². The molecule has 0 bridgehead atoms. The van der Waals surface area contributed by atoms with Crippen molar-refractivity contribution in [3.63, 3.8) is 0 Å². The number of amides is 1. The van der Waals surface area contributed by atoms with Gasteiger partial charge in [0.2, 0.25) is 0 Å². The zero-order valence-corrected chi connectivity index (χ0v) is 14.8. The highest BCUT2D eigenvalue weighted by atomic mass is 32.1. The Labute approximate surface area is 144 Å². The van der Waals surface area contributed by atoms with Crippen molar-refractivity contribution >= 4 is 33.3 Å². The Hall–Kier alpha value is -1.92. The third-order valence-electron chi connectivity index (χ3n) is 5.11. The molecule has 1 aliphatic carbocycles. The number of carboxylic acid groups (broad SMARTS) is 1. The molecule has 1 aromatic heterocycles. The van der Waals surface area contributed by atoms with Gasteiger partial charge in [-0.25, -0.2) is 4.79 Å². The van der Waals surface area contributed by atoms with Crippen LogP contribution in [0.3, 0.4) is 0 Å². The summed E-state index contributed by atoms with van der Waals surface area (Å²) in [6, 6.07) is 9.52. The lowest BCUT2D eigenvalue weighted by Gasteiger charge is -2.58. The van der Waals surface area contributed by atoms with Gasteiger partial charge in [-0.1, -0.05) is 32.0 Å². The lowest BCUT2D eigenvalue weighted by Crippen LogP contribution is -2.76. The van der Waals surface area contributed by atoms with Crippen LogP contribution in [-0.2, 0) is 9.53 Å². The summed E-state index contributed by atoms with van der Waals surface area (Å²) < 4.78 is 6.63. The maximum absolute atomic E-state index is 12.7. The number of thiophene rings is 1. The second-order valence-electron chi connectivity index (χ2n) is 6.68. The summed E-state index contributed by atoms with van der Waals surface area (Å²) in [7, 11) is 0. The largest absolute Gasteiger partial charge is 0.479 e. The first kappa shape index (κ1) is 16.9. The van der Waals surface area contributed by atoms with Gasteiger partial charge in [0.1, 0.15) is 5.54 Å². The average molecular weight is 347 g/mol. The van der Waals surface area contributed by atoms with Crippen LogP contribution in [0.15, 0.2) is 30.3 Å². The van der Waals surface area contributed by atoms with Crippen molar-refractivity contribution in [3.05, 3.63) is 35.2 Å². The maximum atomic E-state index is 12.7. The fourth-order valence-electron chi connectivity index (χ4n) is 3.39. The number of hydrogen-bond donors (Lipinski definition) is 2. The summed E-state index contributed by atoms with van der Waals surface area (Å²) in [5, 5.41) is 13.5. The number of rotatable bonds is 5. The van der Waals surface area contributed by atoms with E-state index in [4.69, 9.17) is 4.74 Å². The van der Waals surface area contributed by atoms with Crippen molar-refractivity contribution in [2.24, 2.45) is 5.41 Å². The van der Waals surface area contributed by atoms with Gasteiger partial charge in [0.15, 0.2) is 0 Å². The summed E-state index contributed by atoms with van der Waals surface area (Å²) in [6.45, 7) is 6.06. The van der Waals surface area contributed by atoms with Crippen LogP contribution >= 0.6 is 11.3 Å². The van der Waals surface area contributed by atoms with Crippen LogP contribution in [0.1, 0.15) is 36.9 Å². The Bertz CT molecular complexity index is 764. The normalized spacial score (nSPS) is 25.2. The molecule has 0 unspecified atom stereocenters. The molecule has 5 nitrogen and oxygen atoms in total. The number of aliphatic carboxylic acids is 1. The molecule has 1 saturated carbocycles. The number of benzene rings is 1. The zero-order chi connectivity index (χ0) is 17.5. The number of carbonyl (C=O) groups excluding carboxylic acids is 1. The molecule has 1 amide bonds. The average Bonchev–Trinajstić information content (AvgIpc) is 2.97. The van der Waals surface area contributed by atoms with Crippen LogP contribution in [0.25, 0.3) is 10.1 Å². The molecule has 1 aliphatic rings. The summed E-state index contributed by atoms with van der Waals surface area (Å²) in [6.07, 6.45) is 0.0982. The predicted molar refractivity (Wildman–Crippen MR) is 93.5 cm³/mol. The standard InChI is InChI=1S/C18H21NO4S/c1-4-23-14-10-18(16(21)22,17(14,2)3)19-15(20)13-9-11-7-5-6-8-12(11)24-13/h5-9,14H,4,10H2,1-3H3,(H,19,20)(H,21,22)/t14-,18-/m1/s1. The molecule has 2 aromatic rings. The van der Waals surface area contributed by atoms with Crippen LogP contribution in [0.4, 0.5) is 0 Å². The third-order valence-corrected chi connectivity index (χ3v) is 6.22. The van der Waals surface area contributed by atoms with E-state index in [1.54, 1.807) is 6.07 Å². The summed E-state index contributed by atoms with van der Waals surface area (Å²) in [5.74, 6) is -1.36. The van der Waals surface area contributed by atoms with E-state index in [2.05, 4.69) is 5.32 Å². The molecular weight excluding hydrogens is 326 g/mol. The molecular formula is C18H21NO4S. The first-order chi connectivity index (χ1) is 11.3. The number of nitrogens with one attached hydrogen (secondary N) is 1. The molecule has 24 heavy (non-hydrogen) atoms. The predicted octanol–water partition coefficient (Wildman–Crippen LogP) is 3.29. The zero-order valence-electron chi connectivity index (χ0n) is 14.0. The highest BCUT2D eigenvalue weighted by Gasteiger charge is 2.66. The van der Waals surface area contributed by atoms with E-state index in [1.165, 1.54) is 11.3 Å². The maximum Gasteiger partial charge on any atom is 0.330 e. The number of carboxylic acids is 1. The van der Waals surface area contributed by atoms with E-state index >= 15 is 0 Å². The Balaban J connectivity index is 1.87. The molecule has 128 valence electrons. The molecule has 6 heteroatoms. The second-order valence-corrected chi connectivity index (χ2v) is 7.77. The van der Waals surface area contributed by atoms with E-state index in [0.29, 0.717) is 11.5 Å². The Kier molecular flexibility index (Phi) is 4.13. The van der Waals surface area contributed by atoms with Gasteiger partial charge >= 0.3 is 5.97 Å². The molecule has 0 saturated heterocycles. The summed E-state index contributed by atoms with van der Waals surface area (Å²) >= 11 is 1.37. The van der Waals surface area contributed by atoms with Gasteiger partial charge in [-0.15, -0.1) is 11.3 Å². The highest BCUT2D eigenvalue weighted by Crippen LogP contribution is 2.51. The molecule has 1 heterocycles. The second kappa shape index (κ2) is 5.86. The van der Waals surface area contributed by atoms with Crippen molar-refractivity contribution in [1.29, 1.82) is 0 Å². The molecule has 0 aliphatic heterocycles. The number of hydrogen-bond acceptors (Lipinski definition) is 4. The quantitative estimate of drug-likeness (QED) is 0.870. The first-order valence-electron chi connectivity index (χ1n) is 7.98. The lowest BCUT2D eigenvalue weighted by atomic mass is 9.54. The van der Waals surface area contributed by atoms with Crippen molar-refractivity contribution in [1.82, 2.24) is 5.32 Å². The van der Waals surface area contributed by atoms with E-state index in [9.17, 15) is 14.7 Å². The minimum absolute atomic E-state index is 0.179. The van der Waals surface area contributed by atoms with Crippen molar-refractivity contribution < 1.29 is 19.4 Å². The number of ether oxygens (including phenoxy) is 1. The van der Waals surface area contributed by atoms with Crippen molar-refractivity contribution in [3.8, 4) is 0 Å². The summed E-state index contributed by atoms with van der Waals surface area (Å²) in [5.41, 5.74) is -1.98. The minimum atomic E-state index is -1.31. The molecule has 2 atom stereocenters. The van der Waals surface area contributed by atoms with Crippen molar-refractivity contribution in [2.75, 3.05) is 6.61 Å². The van der Waals surface area contributed by atoms with Gasteiger partial charge in [0.25, 0.3) is 5.91 Å². The van der Waals surface area contributed by atoms with Gasteiger partial charge in [-0.3, -0.25) is 4.79 Å². The highest BCUT2D eigenvalue weighted by molar-refractivity contribution is 7.20. The van der Waals surface area contributed by atoms with Gasteiger partial charge in [-0.2, -0.15) is 0 Å². The fraction of sp³-hybridized carbons (Fsp3) is 0.444. The minimum Gasteiger partial charge on any atom is -0.479 e. The van der Waals surface area contributed by atoms with E-state index < -0.39 is 16.9 Å². The van der Waals surface area contributed by atoms with Crippen LogP contribution in [0.5, 0.6) is 0 Å². The van der Waals surface area contributed by atoms with Gasteiger partial charge in [-0.05, 0) is 24.4 Å². The molecule has 0 radical (unpaired) electrons. The number of fused-ring (bicyclic) bond motifs is 1. The van der Waals surface area contributed by atoms with E-state index in [0.717, 1.165) is 10.1 Å². The Morgan fingerprint density at radius 2 is 2.08 bits per heavy atom. The third kappa shape index (κ3) is 2.41. The number of carbonyl (C=O) groups is 2. The van der Waals surface area contributed by atoms with Gasteiger partial charge in [0, 0.05) is 23.1 Å².